The summed E-state index contributed by atoms with van der Waals surface area (Å²) in [6, 6.07) is 3.50. The van der Waals surface area contributed by atoms with E-state index in [0.29, 0.717) is 16.1 Å². The van der Waals surface area contributed by atoms with Crippen molar-refractivity contribution in [2.75, 3.05) is 0 Å². The Morgan fingerprint density at radius 3 is 3.07 bits per heavy atom. The summed E-state index contributed by atoms with van der Waals surface area (Å²) in [5.41, 5.74) is 0.646. The van der Waals surface area contributed by atoms with Gasteiger partial charge in [0.05, 0.1) is 11.1 Å². The molecule has 0 amide bonds. The van der Waals surface area contributed by atoms with Gasteiger partial charge in [-0.15, -0.1) is 11.3 Å². The van der Waals surface area contributed by atoms with E-state index in [1.165, 1.54) is 23.6 Å². The van der Waals surface area contributed by atoms with E-state index in [2.05, 4.69) is 9.97 Å². The first-order chi connectivity index (χ1) is 6.81. The van der Waals surface area contributed by atoms with E-state index in [0.717, 1.165) is 0 Å². The minimum atomic E-state index is -0.223. The molecule has 0 aromatic carbocycles. The van der Waals surface area contributed by atoms with E-state index in [-0.39, 0.29) is 5.56 Å². The van der Waals surface area contributed by atoms with Crippen molar-refractivity contribution >= 4 is 11.3 Å². The van der Waals surface area contributed by atoms with Crippen LogP contribution in [0.4, 0.5) is 0 Å². The van der Waals surface area contributed by atoms with Crippen LogP contribution in [0.15, 0.2) is 28.6 Å². The van der Waals surface area contributed by atoms with Gasteiger partial charge in [0.2, 0.25) is 0 Å². The lowest BCUT2D eigenvalue weighted by molar-refractivity contribution is 1.22. The van der Waals surface area contributed by atoms with Gasteiger partial charge in [0, 0.05) is 17.8 Å². The monoisotopic (exact) mass is 203 g/mol. The molecule has 0 bridgehead atoms. The molecule has 0 spiro atoms. The summed E-state index contributed by atoms with van der Waals surface area (Å²) in [5, 5.41) is 11.1. The van der Waals surface area contributed by atoms with Crippen LogP contribution in [0.5, 0.6) is 0 Å². The second kappa shape index (κ2) is 3.44. The Balaban J connectivity index is 2.65. The lowest BCUT2D eigenvalue weighted by atomic mass is 10.2. The molecule has 0 saturated carbocycles. The van der Waals surface area contributed by atoms with Crippen molar-refractivity contribution in [2.24, 2.45) is 0 Å². The van der Waals surface area contributed by atoms with Crippen molar-refractivity contribution in [3.05, 3.63) is 39.8 Å². The van der Waals surface area contributed by atoms with Gasteiger partial charge in [-0.2, -0.15) is 5.26 Å². The second-order valence-electron chi connectivity index (χ2n) is 2.58. The molecule has 0 radical (unpaired) electrons. The summed E-state index contributed by atoms with van der Waals surface area (Å²) < 4.78 is 0. The summed E-state index contributed by atoms with van der Waals surface area (Å²) >= 11 is 1.37. The van der Waals surface area contributed by atoms with Crippen molar-refractivity contribution < 1.29 is 0 Å². The third kappa shape index (κ3) is 1.43. The predicted molar refractivity (Wildman–Crippen MR) is 52.9 cm³/mol. The molecule has 0 atom stereocenters. The Kier molecular flexibility index (Phi) is 2.13. The molecule has 2 aromatic rings. The molecule has 2 aromatic heterocycles. The molecule has 0 aliphatic carbocycles. The van der Waals surface area contributed by atoms with Crippen LogP contribution in [0.1, 0.15) is 5.56 Å². The molecule has 0 saturated heterocycles. The smallest absolute Gasteiger partial charge is 0.258 e. The maximum absolute atomic E-state index is 11.4. The van der Waals surface area contributed by atoms with Gasteiger partial charge in [0.1, 0.15) is 11.1 Å². The van der Waals surface area contributed by atoms with E-state index < -0.39 is 0 Å². The number of aromatic nitrogens is 2. The third-order valence-electron chi connectivity index (χ3n) is 1.70. The fourth-order valence-corrected chi connectivity index (χ4v) is 1.71. The van der Waals surface area contributed by atoms with E-state index in [1.807, 2.05) is 6.07 Å². The Bertz CT molecular complexity index is 536. The summed E-state index contributed by atoms with van der Waals surface area (Å²) in [6.07, 6.45) is 3.01. The zero-order valence-corrected chi connectivity index (χ0v) is 7.84. The molecular formula is C9H5N3OS. The van der Waals surface area contributed by atoms with Crippen LogP contribution in [0, 0.1) is 11.3 Å². The maximum atomic E-state index is 11.4. The predicted octanol–water partition coefficient (Wildman–Crippen LogP) is 1.37. The molecule has 2 rings (SSSR count). The SMILES string of the molecule is N#Cc1c[nH]c(=O)c(-c2nccs2)c1. The number of hydrogen-bond donors (Lipinski definition) is 1. The largest absolute Gasteiger partial charge is 0.327 e. The highest BCUT2D eigenvalue weighted by Gasteiger charge is 2.06. The first-order valence-electron chi connectivity index (χ1n) is 3.84. The topological polar surface area (TPSA) is 69.5 Å². The van der Waals surface area contributed by atoms with E-state index >= 15 is 0 Å². The van der Waals surface area contributed by atoms with Gasteiger partial charge in [0.25, 0.3) is 5.56 Å². The fraction of sp³-hybridized carbons (Fsp3) is 0. The number of aromatic amines is 1. The molecule has 5 heteroatoms. The first-order valence-corrected chi connectivity index (χ1v) is 4.72. The zero-order valence-electron chi connectivity index (χ0n) is 7.02. The molecule has 14 heavy (non-hydrogen) atoms. The van der Waals surface area contributed by atoms with E-state index in [1.54, 1.807) is 11.6 Å². The Labute approximate surface area is 83.5 Å². The van der Waals surface area contributed by atoms with Gasteiger partial charge >= 0.3 is 0 Å². The lowest BCUT2D eigenvalue weighted by Gasteiger charge is -1.94. The van der Waals surface area contributed by atoms with Crippen molar-refractivity contribution in [1.29, 1.82) is 5.26 Å². The minimum Gasteiger partial charge on any atom is -0.327 e. The van der Waals surface area contributed by atoms with Crippen LogP contribution >= 0.6 is 11.3 Å². The van der Waals surface area contributed by atoms with Crippen LogP contribution in [0.3, 0.4) is 0 Å². The third-order valence-corrected chi connectivity index (χ3v) is 2.50. The van der Waals surface area contributed by atoms with Crippen molar-refractivity contribution in [3.8, 4) is 16.6 Å². The van der Waals surface area contributed by atoms with Gasteiger partial charge in [-0.3, -0.25) is 4.79 Å². The van der Waals surface area contributed by atoms with Crippen LogP contribution < -0.4 is 5.56 Å². The van der Waals surface area contributed by atoms with E-state index in [9.17, 15) is 4.79 Å². The van der Waals surface area contributed by atoms with Gasteiger partial charge < -0.3 is 4.98 Å². The molecule has 0 aliphatic heterocycles. The second-order valence-corrected chi connectivity index (χ2v) is 3.47. The molecule has 0 fully saturated rings. The molecule has 0 unspecified atom stereocenters. The number of rotatable bonds is 1. The fourth-order valence-electron chi connectivity index (χ4n) is 1.06. The highest BCUT2D eigenvalue weighted by molar-refractivity contribution is 7.13. The standard InChI is InChI=1S/C9H5N3OS/c10-4-6-3-7(8(13)12-5-6)9-11-1-2-14-9/h1-3,5H,(H,12,13). The average Bonchev–Trinajstić information content (AvgIpc) is 2.71. The number of nitrogens with one attached hydrogen (secondary N) is 1. The molecule has 0 aliphatic rings. The quantitative estimate of drug-likeness (QED) is 0.761. The zero-order chi connectivity index (χ0) is 9.97. The minimum absolute atomic E-state index is 0.223. The number of pyridine rings is 1. The van der Waals surface area contributed by atoms with Crippen molar-refractivity contribution in [2.45, 2.75) is 0 Å². The number of H-pyrrole nitrogens is 1. The number of thiazole rings is 1. The van der Waals surface area contributed by atoms with Crippen LogP contribution in [0.2, 0.25) is 0 Å². The van der Waals surface area contributed by atoms with Gasteiger partial charge in [-0.05, 0) is 6.07 Å². The first kappa shape index (κ1) is 8.66. The highest BCUT2D eigenvalue weighted by atomic mass is 32.1. The van der Waals surface area contributed by atoms with Crippen LogP contribution in [0.25, 0.3) is 10.6 Å². The Hall–Kier alpha value is -1.93. The Morgan fingerprint density at radius 1 is 1.57 bits per heavy atom. The summed E-state index contributed by atoms with van der Waals surface area (Å²) in [7, 11) is 0. The van der Waals surface area contributed by atoms with Gasteiger partial charge in [-0.25, -0.2) is 4.98 Å². The molecule has 2 heterocycles. The van der Waals surface area contributed by atoms with Gasteiger partial charge in [0.15, 0.2) is 0 Å². The number of nitriles is 1. The normalized spacial score (nSPS) is 9.64. The Morgan fingerprint density at radius 2 is 2.43 bits per heavy atom. The number of hydrogen-bond acceptors (Lipinski definition) is 4. The summed E-state index contributed by atoms with van der Waals surface area (Å²) in [5.74, 6) is 0. The summed E-state index contributed by atoms with van der Waals surface area (Å²) in [6.45, 7) is 0. The summed E-state index contributed by atoms with van der Waals surface area (Å²) in [4.78, 5) is 17.9. The van der Waals surface area contributed by atoms with Crippen molar-refractivity contribution in [1.82, 2.24) is 9.97 Å². The van der Waals surface area contributed by atoms with Crippen LogP contribution in [-0.2, 0) is 0 Å². The molecular weight excluding hydrogens is 198 g/mol. The number of nitrogens with zero attached hydrogens (tertiary/aromatic N) is 2. The van der Waals surface area contributed by atoms with Crippen LogP contribution in [-0.4, -0.2) is 9.97 Å². The van der Waals surface area contributed by atoms with E-state index in [4.69, 9.17) is 5.26 Å². The average molecular weight is 203 g/mol. The lowest BCUT2D eigenvalue weighted by Crippen LogP contribution is -2.08. The highest BCUT2D eigenvalue weighted by Crippen LogP contribution is 2.17. The molecule has 1 N–H and O–H groups in total. The van der Waals surface area contributed by atoms with Crippen molar-refractivity contribution in [3.63, 3.8) is 0 Å². The molecule has 68 valence electrons. The maximum Gasteiger partial charge on any atom is 0.258 e. The van der Waals surface area contributed by atoms with Gasteiger partial charge in [-0.1, -0.05) is 0 Å². The molecule has 4 nitrogen and oxygen atoms in total.